The maximum absolute atomic E-state index is 11.9. The molecule has 90 valence electrons. The fraction of sp³-hybridized carbons (Fsp3) is 0.727. The van der Waals surface area contributed by atoms with Crippen molar-refractivity contribution in [3.63, 3.8) is 0 Å². The normalized spacial score (nSPS) is 10.4. The third-order valence-corrected chi connectivity index (χ3v) is 2.61. The zero-order valence-electron chi connectivity index (χ0n) is 10.3. The SMILES string of the molecule is CCCCN(CC)C(=O)Cn1nncc1C. The molecule has 0 saturated carbocycles. The van der Waals surface area contributed by atoms with Gasteiger partial charge in [-0.15, -0.1) is 5.10 Å². The Hall–Kier alpha value is -1.39. The highest BCUT2D eigenvalue weighted by atomic mass is 16.2. The van der Waals surface area contributed by atoms with Crippen LogP contribution < -0.4 is 0 Å². The van der Waals surface area contributed by atoms with Crippen LogP contribution in [0.1, 0.15) is 32.4 Å². The highest BCUT2D eigenvalue weighted by Crippen LogP contribution is 1.99. The van der Waals surface area contributed by atoms with Gasteiger partial charge in [0.2, 0.25) is 5.91 Å². The van der Waals surface area contributed by atoms with Crippen molar-refractivity contribution in [2.24, 2.45) is 0 Å². The molecule has 1 heterocycles. The summed E-state index contributed by atoms with van der Waals surface area (Å²) in [6.45, 7) is 7.91. The molecule has 0 aliphatic carbocycles. The lowest BCUT2D eigenvalue weighted by Crippen LogP contribution is -2.35. The number of rotatable bonds is 6. The van der Waals surface area contributed by atoms with Crippen LogP contribution in [0.2, 0.25) is 0 Å². The maximum Gasteiger partial charge on any atom is 0.244 e. The first-order chi connectivity index (χ1) is 7.69. The van der Waals surface area contributed by atoms with Gasteiger partial charge in [-0.2, -0.15) is 0 Å². The Morgan fingerprint density at radius 3 is 2.75 bits per heavy atom. The first-order valence-corrected chi connectivity index (χ1v) is 5.81. The average Bonchev–Trinajstić information content (AvgIpc) is 2.65. The molecule has 0 bridgehead atoms. The highest BCUT2D eigenvalue weighted by Gasteiger charge is 2.12. The molecule has 0 fully saturated rings. The second-order valence-electron chi connectivity index (χ2n) is 3.86. The van der Waals surface area contributed by atoms with Crippen molar-refractivity contribution in [3.8, 4) is 0 Å². The quantitative estimate of drug-likeness (QED) is 0.730. The van der Waals surface area contributed by atoms with E-state index in [1.165, 1.54) is 0 Å². The summed E-state index contributed by atoms with van der Waals surface area (Å²) in [6.07, 6.45) is 3.82. The van der Waals surface area contributed by atoms with E-state index in [9.17, 15) is 4.79 Å². The summed E-state index contributed by atoms with van der Waals surface area (Å²) in [5, 5.41) is 7.64. The second kappa shape index (κ2) is 6.25. The van der Waals surface area contributed by atoms with Gasteiger partial charge in [0, 0.05) is 13.1 Å². The fourth-order valence-corrected chi connectivity index (χ4v) is 1.50. The minimum atomic E-state index is 0.115. The molecular weight excluding hydrogens is 204 g/mol. The van der Waals surface area contributed by atoms with E-state index in [0.717, 1.165) is 31.6 Å². The molecule has 0 aliphatic heterocycles. The lowest BCUT2D eigenvalue weighted by atomic mass is 10.3. The summed E-state index contributed by atoms with van der Waals surface area (Å²) in [6, 6.07) is 0. The first-order valence-electron chi connectivity index (χ1n) is 5.81. The van der Waals surface area contributed by atoms with Gasteiger partial charge in [-0.3, -0.25) is 4.79 Å². The van der Waals surface area contributed by atoms with Crippen LogP contribution in [0, 0.1) is 6.92 Å². The van der Waals surface area contributed by atoms with Gasteiger partial charge in [-0.05, 0) is 20.3 Å². The Bertz CT molecular complexity index is 334. The molecule has 0 saturated heterocycles. The first kappa shape index (κ1) is 12.7. The fourth-order valence-electron chi connectivity index (χ4n) is 1.50. The summed E-state index contributed by atoms with van der Waals surface area (Å²) in [7, 11) is 0. The number of aromatic nitrogens is 3. The predicted octanol–water partition coefficient (Wildman–Crippen LogP) is 1.24. The van der Waals surface area contributed by atoms with Crippen LogP contribution in [0.25, 0.3) is 0 Å². The third kappa shape index (κ3) is 3.32. The molecule has 0 atom stereocenters. The standard InChI is InChI=1S/C11H20N4O/c1-4-6-7-14(5-2)11(16)9-15-10(3)8-12-13-15/h8H,4-7,9H2,1-3H3. The zero-order valence-corrected chi connectivity index (χ0v) is 10.3. The van der Waals surface area contributed by atoms with Gasteiger partial charge >= 0.3 is 0 Å². The third-order valence-electron chi connectivity index (χ3n) is 2.61. The van der Waals surface area contributed by atoms with Gasteiger partial charge in [0.05, 0.1) is 11.9 Å². The number of unbranched alkanes of at least 4 members (excludes halogenated alkanes) is 1. The van der Waals surface area contributed by atoms with Gasteiger partial charge in [-0.1, -0.05) is 18.6 Å². The molecule has 1 aromatic rings. The molecule has 0 radical (unpaired) electrons. The summed E-state index contributed by atoms with van der Waals surface area (Å²) in [5.41, 5.74) is 0.917. The highest BCUT2D eigenvalue weighted by molar-refractivity contribution is 5.75. The smallest absolute Gasteiger partial charge is 0.244 e. The molecule has 16 heavy (non-hydrogen) atoms. The molecule has 5 heteroatoms. The van der Waals surface area contributed by atoms with Gasteiger partial charge in [-0.25, -0.2) is 4.68 Å². The van der Waals surface area contributed by atoms with Crippen molar-refractivity contribution < 1.29 is 4.79 Å². The molecule has 0 aliphatic rings. The number of carbonyl (C=O) groups is 1. The van der Waals surface area contributed by atoms with E-state index < -0.39 is 0 Å². The minimum absolute atomic E-state index is 0.115. The van der Waals surface area contributed by atoms with Crippen molar-refractivity contribution in [2.75, 3.05) is 13.1 Å². The van der Waals surface area contributed by atoms with Crippen LogP contribution in [0.15, 0.2) is 6.20 Å². The predicted molar refractivity (Wildman–Crippen MR) is 61.9 cm³/mol. The molecule has 0 spiro atoms. The van der Waals surface area contributed by atoms with Crippen LogP contribution in [0.3, 0.4) is 0 Å². The van der Waals surface area contributed by atoms with Crippen LogP contribution in [-0.4, -0.2) is 38.9 Å². The lowest BCUT2D eigenvalue weighted by molar-refractivity contribution is -0.132. The Labute approximate surface area is 96.4 Å². The second-order valence-corrected chi connectivity index (χ2v) is 3.86. The van der Waals surface area contributed by atoms with E-state index in [1.807, 2.05) is 18.7 Å². The van der Waals surface area contributed by atoms with Gasteiger partial charge in [0.25, 0.3) is 0 Å². The molecule has 0 N–H and O–H groups in total. The maximum atomic E-state index is 11.9. The topological polar surface area (TPSA) is 51.0 Å². The molecular formula is C11H20N4O. The van der Waals surface area contributed by atoms with Crippen LogP contribution in [0.4, 0.5) is 0 Å². The van der Waals surface area contributed by atoms with E-state index in [-0.39, 0.29) is 5.91 Å². The minimum Gasteiger partial charge on any atom is -0.341 e. The molecule has 1 amide bonds. The number of carbonyl (C=O) groups excluding carboxylic acids is 1. The summed E-state index contributed by atoms with van der Waals surface area (Å²) in [4.78, 5) is 13.8. The number of hydrogen-bond acceptors (Lipinski definition) is 3. The van der Waals surface area contributed by atoms with E-state index >= 15 is 0 Å². The summed E-state index contributed by atoms with van der Waals surface area (Å²) in [5.74, 6) is 0.115. The van der Waals surface area contributed by atoms with Crippen LogP contribution in [0.5, 0.6) is 0 Å². The number of aryl methyl sites for hydroxylation is 1. The molecule has 0 unspecified atom stereocenters. The molecule has 1 aromatic heterocycles. The Balaban J connectivity index is 2.52. The number of likely N-dealkylation sites (N-methyl/N-ethyl adjacent to an activating group) is 1. The van der Waals surface area contributed by atoms with Crippen molar-refractivity contribution in [1.29, 1.82) is 0 Å². The van der Waals surface area contributed by atoms with Crippen molar-refractivity contribution in [1.82, 2.24) is 19.9 Å². The Kier molecular flexibility index (Phi) is 4.95. The van der Waals surface area contributed by atoms with E-state index in [1.54, 1.807) is 10.9 Å². The summed E-state index contributed by atoms with van der Waals surface area (Å²) < 4.78 is 1.64. The van der Waals surface area contributed by atoms with E-state index in [4.69, 9.17) is 0 Å². The van der Waals surface area contributed by atoms with Gasteiger partial charge in [0.15, 0.2) is 0 Å². The number of nitrogens with zero attached hydrogens (tertiary/aromatic N) is 4. The van der Waals surface area contributed by atoms with E-state index in [0.29, 0.717) is 6.54 Å². The monoisotopic (exact) mass is 224 g/mol. The molecule has 5 nitrogen and oxygen atoms in total. The Morgan fingerprint density at radius 2 is 2.25 bits per heavy atom. The van der Waals surface area contributed by atoms with Crippen molar-refractivity contribution in [3.05, 3.63) is 11.9 Å². The summed E-state index contributed by atoms with van der Waals surface area (Å²) >= 11 is 0. The van der Waals surface area contributed by atoms with E-state index in [2.05, 4.69) is 17.2 Å². The number of amides is 1. The van der Waals surface area contributed by atoms with Crippen molar-refractivity contribution in [2.45, 2.75) is 40.2 Å². The molecule has 0 aromatic carbocycles. The van der Waals surface area contributed by atoms with Crippen LogP contribution in [-0.2, 0) is 11.3 Å². The average molecular weight is 224 g/mol. The lowest BCUT2D eigenvalue weighted by Gasteiger charge is -2.20. The van der Waals surface area contributed by atoms with Crippen LogP contribution >= 0.6 is 0 Å². The van der Waals surface area contributed by atoms with Gasteiger partial charge < -0.3 is 4.90 Å². The Morgan fingerprint density at radius 1 is 1.50 bits per heavy atom. The van der Waals surface area contributed by atoms with Gasteiger partial charge in [0.1, 0.15) is 6.54 Å². The molecule has 1 rings (SSSR count). The number of hydrogen-bond donors (Lipinski definition) is 0. The van der Waals surface area contributed by atoms with Crippen molar-refractivity contribution >= 4 is 5.91 Å². The zero-order chi connectivity index (χ0) is 12.0. The largest absolute Gasteiger partial charge is 0.341 e.